The Kier molecular flexibility index (Phi) is 33.8. The van der Waals surface area contributed by atoms with Crippen LogP contribution >= 0.6 is 11.6 Å². The van der Waals surface area contributed by atoms with E-state index in [9.17, 15) is 43.9 Å². The van der Waals surface area contributed by atoms with E-state index < -0.39 is 36.5 Å². The summed E-state index contributed by atoms with van der Waals surface area (Å²) in [6.45, 7) is 15.6. The largest absolute Gasteiger partial charge is 0.489 e. The quantitative estimate of drug-likeness (QED) is 0.0466. The van der Waals surface area contributed by atoms with Crippen molar-refractivity contribution in [3.05, 3.63) is 140 Å². The minimum Gasteiger partial charge on any atom is -0.489 e. The topological polar surface area (TPSA) is 381 Å². The maximum Gasteiger partial charge on any atom is 0.422 e. The Bertz CT molecular complexity index is 3980. The molecule has 14 rings (SSSR count). The maximum absolute atomic E-state index is 13.0. The fourth-order valence-electron chi connectivity index (χ4n) is 12.0. The third-order valence-corrected chi connectivity index (χ3v) is 18.1. The van der Waals surface area contributed by atoms with Crippen molar-refractivity contribution >= 4 is 91.2 Å². The SMILES string of the molecule is CC(C)Oc1ccncc1N.C[C@@H]1COCCN1c1ccncc1N.C[C@H]1COCCN1c1ccncc1N.Nc1cnc(Cl)cc1N1CCC(F)(F)CC1.Nc1cnc(F)cc1N1CCC(F)(F)CC1.Nc1cnccc1N1CCC(F)(F)CC1.Nc1cnccc1N1CCCCC1.Nc1cncnc1OCC(F)(F)F. The van der Waals surface area contributed by atoms with Gasteiger partial charge in [0.1, 0.15) is 22.9 Å². The maximum atomic E-state index is 13.0. The molecule has 0 aromatic carbocycles. The number of piperidine rings is 4. The first-order valence-corrected chi connectivity index (χ1v) is 36.6. The van der Waals surface area contributed by atoms with Gasteiger partial charge in [0.2, 0.25) is 11.8 Å². The molecule has 14 heterocycles. The Hall–Kier alpha value is -10.6. The number of pyridine rings is 7. The van der Waals surface area contributed by atoms with Crippen molar-refractivity contribution in [2.75, 3.05) is 174 Å². The Morgan fingerprint density at radius 1 is 0.455 bits per heavy atom. The van der Waals surface area contributed by atoms with Crippen LogP contribution in [0.3, 0.4) is 0 Å². The fourth-order valence-corrected chi connectivity index (χ4v) is 12.1. The van der Waals surface area contributed by atoms with E-state index in [1.165, 1.54) is 43.9 Å². The lowest BCUT2D eigenvalue weighted by atomic mass is 10.1. The van der Waals surface area contributed by atoms with E-state index in [2.05, 4.69) is 78.1 Å². The van der Waals surface area contributed by atoms with Gasteiger partial charge < -0.3 is 94.2 Å². The molecule has 612 valence electrons. The zero-order chi connectivity index (χ0) is 81.6. The Morgan fingerprint density at radius 2 is 0.821 bits per heavy atom. The van der Waals surface area contributed by atoms with Crippen LogP contribution < -0.4 is 84.7 Å². The summed E-state index contributed by atoms with van der Waals surface area (Å²) in [6.07, 6.45) is 20.5. The van der Waals surface area contributed by atoms with Gasteiger partial charge in [0.25, 0.3) is 17.8 Å². The molecule has 6 saturated heterocycles. The highest BCUT2D eigenvalue weighted by molar-refractivity contribution is 6.29. The van der Waals surface area contributed by atoms with Gasteiger partial charge in [0, 0.05) is 165 Å². The second-order valence-electron chi connectivity index (χ2n) is 26.9. The second kappa shape index (κ2) is 42.7. The number of anilines is 14. The highest BCUT2D eigenvalue weighted by Crippen LogP contribution is 2.37. The van der Waals surface area contributed by atoms with Gasteiger partial charge >= 0.3 is 6.18 Å². The molecule has 0 spiro atoms. The number of aromatic nitrogens is 9. The first-order chi connectivity index (χ1) is 53.2. The molecule has 8 aromatic heterocycles. The zero-order valence-electron chi connectivity index (χ0n) is 62.9. The number of halogens is 11. The van der Waals surface area contributed by atoms with E-state index in [1.54, 1.807) is 85.1 Å². The van der Waals surface area contributed by atoms with Crippen LogP contribution in [0.4, 0.5) is 124 Å². The highest BCUT2D eigenvalue weighted by atomic mass is 35.5. The summed E-state index contributed by atoms with van der Waals surface area (Å²) < 4.78 is 146. The van der Waals surface area contributed by atoms with Crippen LogP contribution in [-0.4, -0.2) is 185 Å². The lowest BCUT2D eigenvalue weighted by Gasteiger charge is -2.35. The molecule has 112 heavy (non-hydrogen) atoms. The van der Waals surface area contributed by atoms with Crippen molar-refractivity contribution in [1.29, 1.82) is 0 Å². The number of ether oxygens (including phenoxy) is 4. The highest BCUT2D eigenvalue weighted by Gasteiger charge is 2.37. The second-order valence-corrected chi connectivity index (χ2v) is 27.3. The Labute approximate surface area is 649 Å². The molecule has 2 atom stereocenters. The summed E-state index contributed by atoms with van der Waals surface area (Å²) in [5.74, 6) is -7.89. The van der Waals surface area contributed by atoms with Gasteiger partial charge in [-0.2, -0.15) is 17.6 Å². The number of hydrogen-bond donors (Lipinski definition) is 8. The van der Waals surface area contributed by atoms with Gasteiger partial charge in [-0.25, -0.2) is 46.3 Å². The van der Waals surface area contributed by atoms with Crippen LogP contribution in [0.15, 0.2) is 129 Å². The minimum atomic E-state index is -4.39. The van der Waals surface area contributed by atoms with Gasteiger partial charge in [-0.05, 0) is 71.2 Å². The first kappa shape index (κ1) is 88.7. The van der Waals surface area contributed by atoms with Crippen molar-refractivity contribution in [3.8, 4) is 11.6 Å². The Balaban J connectivity index is 0.000000178. The number of alkyl halides is 9. The molecular weight excluding hydrogens is 1500 g/mol. The van der Waals surface area contributed by atoms with E-state index in [4.69, 9.17) is 71.7 Å². The summed E-state index contributed by atoms with van der Waals surface area (Å²) in [7, 11) is 0. The summed E-state index contributed by atoms with van der Waals surface area (Å²) in [6, 6.07) is 13.0. The number of nitrogen functional groups attached to an aromatic ring is 8. The number of nitrogens with zero attached hydrogens (tertiary/aromatic N) is 15. The molecule has 38 heteroatoms. The molecule has 0 unspecified atom stereocenters. The van der Waals surface area contributed by atoms with Crippen molar-refractivity contribution < 1.29 is 62.9 Å². The molecule has 6 aliphatic rings. The van der Waals surface area contributed by atoms with Crippen molar-refractivity contribution in [3.63, 3.8) is 0 Å². The lowest BCUT2D eigenvalue weighted by Crippen LogP contribution is -2.44. The average Bonchev–Trinajstić information content (AvgIpc) is 0.939. The summed E-state index contributed by atoms with van der Waals surface area (Å²) in [4.78, 5) is 46.1. The molecule has 8 aromatic rings. The fraction of sp³-hybridized carbons (Fsp3) is 0.473. The van der Waals surface area contributed by atoms with Crippen LogP contribution in [0.2, 0.25) is 5.15 Å². The number of rotatable bonds is 10. The normalized spacial score (nSPS) is 18.3. The van der Waals surface area contributed by atoms with E-state index in [0.717, 1.165) is 98.7 Å². The molecule has 0 radical (unpaired) electrons. The van der Waals surface area contributed by atoms with Crippen molar-refractivity contribution in [2.24, 2.45) is 0 Å². The molecular formula is C74H100ClF10N23O4. The van der Waals surface area contributed by atoms with Crippen LogP contribution in [0.25, 0.3) is 0 Å². The van der Waals surface area contributed by atoms with Gasteiger partial charge in [-0.15, -0.1) is 0 Å². The smallest absolute Gasteiger partial charge is 0.422 e. The molecule has 0 saturated carbocycles. The molecule has 0 amide bonds. The van der Waals surface area contributed by atoms with E-state index in [1.807, 2.05) is 41.8 Å². The van der Waals surface area contributed by atoms with Gasteiger partial charge in [-0.1, -0.05) is 11.6 Å². The standard InChI is InChI=1S/C10H12ClF2N3.C10H12F3N3.C10H13F2N3.2C10H15N3O.C10H15N3.C8H12N2O.C6H6F3N3O/c2*11-9-5-8(7(14)6-15-9)16-3-1-10(12,13)2-4-16;11-10(12)2-5-15(6-3-10)9-1-4-14-7-8(9)13;2*1-8-7-14-5-4-13(8)10-2-3-12-6-9(10)11;11-9-8-12-5-4-10(9)13-6-2-1-3-7-13;1-6(2)11-8-3-4-10-5-7(8)9;7-6(8,9)2-13-5-4(10)1-11-3-12-5/h2*5-6H,1-4,14H2;1,4,7H,2-3,5-6,13H2;2*2-3,6,8H,4-5,7,11H2,1H3;4-5,8H,1-3,6-7,11H2;3-6H,9H2,1-2H3;1,3H,2,10H2/t;;;2*8-;;;/m...10.../s1. The molecule has 27 nitrogen and oxygen atoms in total. The third kappa shape index (κ3) is 29.3. The van der Waals surface area contributed by atoms with Gasteiger partial charge in [-0.3, -0.25) is 24.9 Å². The number of morpholine rings is 2. The van der Waals surface area contributed by atoms with E-state index >= 15 is 0 Å². The summed E-state index contributed by atoms with van der Waals surface area (Å²) in [5.41, 5.74) is 54.9. The first-order valence-electron chi connectivity index (χ1n) is 36.2. The van der Waals surface area contributed by atoms with Crippen LogP contribution in [0.1, 0.15) is 85.5 Å². The van der Waals surface area contributed by atoms with Crippen molar-refractivity contribution in [2.45, 2.75) is 128 Å². The number of nitrogens with two attached hydrogens (primary N) is 8. The number of hydrogen-bond acceptors (Lipinski definition) is 27. The summed E-state index contributed by atoms with van der Waals surface area (Å²) >= 11 is 5.75. The molecule has 16 N–H and O–H groups in total. The molecule has 0 bridgehead atoms. The van der Waals surface area contributed by atoms with Crippen LogP contribution in [0.5, 0.6) is 11.6 Å². The third-order valence-electron chi connectivity index (χ3n) is 17.9. The van der Waals surface area contributed by atoms with E-state index in [0.29, 0.717) is 70.2 Å². The predicted molar refractivity (Wildman–Crippen MR) is 420 cm³/mol. The van der Waals surface area contributed by atoms with Gasteiger partial charge in [0.05, 0.1) is 156 Å². The monoisotopic (exact) mass is 1600 g/mol. The van der Waals surface area contributed by atoms with E-state index in [-0.39, 0.29) is 82.4 Å². The van der Waals surface area contributed by atoms with Crippen LogP contribution in [0, 0.1) is 5.95 Å². The minimum absolute atomic E-state index is 0.0215. The molecule has 6 aliphatic heterocycles. The summed E-state index contributed by atoms with van der Waals surface area (Å²) in [5, 5.41) is 0.321. The van der Waals surface area contributed by atoms with Crippen molar-refractivity contribution in [1.82, 2.24) is 44.9 Å². The average molecular weight is 1600 g/mol. The van der Waals surface area contributed by atoms with Gasteiger partial charge in [0.15, 0.2) is 6.61 Å². The predicted octanol–water partition coefficient (Wildman–Crippen LogP) is 12.4. The Morgan fingerprint density at radius 3 is 1.21 bits per heavy atom. The lowest BCUT2D eigenvalue weighted by molar-refractivity contribution is -0.154. The molecule has 6 fully saturated rings. The zero-order valence-corrected chi connectivity index (χ0v) is 63.7. The van der Waals surface area contributed by atoms with Crippen LogP contribution in [-0.2, 0) is 9.47 Å². The molecule has 0 aliphatic carbocycles.